The number of thioether (sulfide) groups is 1. The fourth-order valence-corrected chi connectivity index (χ4v) is 4.22. The molecule has 1 aliphatic heterocycles. The predicted molar refractivity (Wildman–Crippen MR) is 90.5 cm³/mol. The highest BCUT2D eigenvalue weighted by atomic mass is 32.2. The summed E-state index contributed by atoms with van der Waals surface area (Å²) in [5.74, 6) is -0.987. The van der Waals surface area contributed by atoms with E-state index in [1.165, 1.54) is 26.4 Å². The van der Waals surface area contributed by atoms with Crippen molar-refractivity contribution < 1.29 is 14.7 Å². The van der Waals surface area contributed by atoms with Gasteiger partial charge in [-0.25, -0.2) is 0 Å². The summed E-state index contributed by atoms with van der Waals surface area (Å²) in [5, 5.41) is 8.65. The molecular weight excluding hydrogens is 326 g/mol. The number of aliphatic carboxylic acids is 1. The largest absolute Gasteiger partial charge is 0.481 e. The summed E-state index contributed by atoms with van der Waals surface area (Å²) in [6.07, 6.45) is 2.32. The van der Waals surface area contributed by atoms with Crippen molar-refractivity contribution in [3.05, 3.63) is 26.3 Å². The number of carbonyl (C=O) groups excluding carboxylic acids is 1. The molecule has 1 saturated heterocycles. The Hall–Kier alpha value is -1.18. The fraction of sp³-hybridized carbons (Fsp3) is 0.357. The van der Waals surface area contributed by atoms with Crippen molar-refractivity contribution in [1.82, 2.24) is 4.90 Å². The van der Waals surface area contributed by atoms with Gasteiger partial charge in [-0.1, -0.05) is 24.0 Å². The molecule has 2 rings (SSSR count). The van der Waals surface area contributed by atoms with Crippen LogP contribution in [-0.4, -0.2) is 32.7 Å². The van der Waals surface area contributed by atoms with Crippen LogP contribution in [0.15, 0.2) is 11.0 Å². The Morgan fingerprint density at radius 2 is 2.19 bits per heavy atom. The van der Waals surface area contributed by atoms with Crippen LogP contribution < -0.4 is 0 Å². The van der Waals surface area contributed by atoms with Gasteiger partial charge in [0.1, 0.15) is 4.32 Å². The molecule has 112 valence electrons. The number of carboxylic acids is 1. The summed E-state index contributed by atoms with van der Waals surface area (Å²) >= 11 is 8.19. The number of thiocarbonyl (C=S) groups is 1. The topological polar surface area (TPSA) is 57.6 Å². The van der Waals surface area contributed by atoms with E-state index in [9.17, 15) is 9.59 Å². The number of nitrogens with zero attached hydrogens (tertiary/aromatic N) is 1. The summed E-state index contributed by atoms with van der Waals surface area (Å²) in [6.45, 7) is 4.42. The molecule has 2 heterocycles. The van der Waals surface area contributed by atoms with Crippen LogP contribution in [0.1, 0.15) is 28.2 Å². The molecule has 0 aliphatic carbocycles. The van der Waals surface area contributed by atoms with E-state index in [4.69, 9.17) is 17.3 Å². The Balaban J connectivity index is 2.10. The second-order valence-electron chi connectivity index (χ2n) is 4.70. The van der Waals surface area contributed by atoms with Gasteiger partial charge in [-0.2, -0.15) is 0 Å². The van der Waals surface area contributed by atoms with Crippen LogP contribution in [-0.2, 0) is 9.59 Å². The molecule has 1 aromatic heterocycles. The monoisotopic (exact) mass is 341 g/mol. The van der Waals surface area contributed by atoms with Gasteiger partial charge in [0.15, 0.2) is 0 Å². The Kier molecular flexibility index (Phi) is 5.18. The highest BCUT2D eigenvalue weighted by Gasteiger charge is 2.31. The summed E-state index contributed by atoms with van der Waals surface area (Å²) in [4.78, 5) is 27.3. The molecule has 0 radical (unpaired) electrons. The molecule has 0 atom stereocenters. The van der Waals surface area contributed by atoms with E-state index in [1.54, 1.807) is 11.3 Å². The molecule has 0 aromatic carbocycles. The highest BCUT2D eigenvalue weighted by molar-refractivity contribution is 8.26. The number of amides is 1. The number of rotatable bonds is 5. The zero-order chi connectivity index (χ0) is 15.6. The molecule has 0 spiro atoms. The lowest BCUT2D eigenvalue weighted by atomic mass is 10.2. The zero-order valence-electron chi connectivity index (χ0n) is 11.7. The van der Waals surface area contributed by atoms with E-state index in [1.807, 2.05) is 19.9 Å². The number of thiophene rings is 1. The molecular formula is C14H15NO3S3. The number of carboxylic acid groups (broad SMARTS) is 1. The van der Waals surface area contributed by atoms with Gasteiger partial charge in [0.2, 0.25) is 0 Å². The van der Waals surface area contributed by atoms with Gasteiger partial charge in [0, 0.05) is 22.7 Å². The smallest absolute Gasteiger partial charge is 0.303 e. The summed E-state index contributed by atoms with van der Waals surface area (Å²) in [7, 11) is 0. The molecule has 0 bridgehead atoms. The summed E-state index contributed by atoms with van der Waals surface area (Å²) in [6, 6.07) is 2.05. The maximum Gasteiger partial charge on any atom is 0.303 e. The van der Waals surface area contributed by atoms with Crippen LogP contribution in [0.25, 0.3) is 6.08 Å². The van der Waals surface area contributed by atoms with Crippen LogP contribution in [0.2, 0.25) is 0 Å². The molecule has 1 N–H and O–H groups in total. The number of hydrogen-bond acceptors (Lipinski definition) is 5. The summed E-state index contributed by atoms with van der Waals surface area (Å²) < 4.78 is 0.501. The molecule has 1 aromatic rings. The van der Waals surface area contributed by atoms with Gasteiger partial charge in [-0.15, -0.1) is 11.3 Å². The minimum Gasteiger partial charge on any atom is -0.481 e. The Morgan fingerprint density at radius 1 is 1.48 bits per heavy atom. The van der Waals surface area contributed by atoms with Crippen molar-refractivity contribution >= 4 is 57.6 Å². The first kappa shape index (κ1) is 16.2. The first-order valence-corrected chi connectivity index (χ1v) is 8.47. The normalized spacial score (nSPS) is 17.0. The van der Waals surface area contributed by atoms with E-state index in [2.05, 4.69) is 6.07 Å². The number of aryl methyl sites for hydroxylation is 2. The van der Waals surface area contributed by atoms with Crippen LogP contribution in [0.4, 0.5) is 0 Å². The second-order valence-corrected chi connectivity index (χ2v) is 7.84. The molecule has 1 fully saturated rings. The van der Waals surface area contributed by atoms with Crippen LogP contribution >= 0.6 is 35.3 Å². The van der Waals surface area contributed by atoms with Crippen LogP contribution in [0, 0.1) is 13.8 Å². The molecule has 0 unspecified atom stereocenters. The first-order valence-electron chi connectivity index (χ1n) is 6.42. The van der Waals surface area contributed by atoms with Gasteiger partial charge in [0.25, 0.3) is 5.91 Å². The Bertz CT molecular complexity index is 633. The Morgan fingerprint density at radius 3 is 2.76 bits per heavy atom. The van der Waals surface area contributed by atoms with Crippen molar-refractivity contribution in [2.24, 2.45) is 0 Å². The molecule has 7 heteroatoms. The SMILES string of the molecule is Cc1cc(C=C2SC(=S)N(CCCC(=O)O)C2=O)c(C)s1. The maximum absolute atomic E-state index is 12.3. The molecule has 21 heavy (non-hydrogen) atoms. The average molecular weight is 341 g/mol. The van der Waals surface area contributed by atoms with Gasteiger partial charge >= 0.3 is 5.97 Å². The van der Waals surface area contributed by atoms with Crippen molar-refractivity contribution in [2.75, 3.05) is 6.54 Å². The van der Waals surface area contributed by atoms with Gasteiger partial charge < -0.3 is 5.11 Å². The van der Waals surface area contributed by atoms with E-state index in [0.29, 0.717) is 22.2 Å². The van der Waals surface area contributed by atoms with Crippen LogP contribution in [0.3, 0.4) is 0 Å². The minimum atomic E-state index is -0.861. The predicted octanol–water partition coefficient (Wildman–Crippen LogP) is 3.43. The van der Waals surface area contributed by atoms with Gasteiger partial charge in [-0.3, -0.25) is 14.5 Å². The third kappa shape index (κ3) is 3.93. The Labute approximate surface area is 136 Å². The number of hydrogen-bond donors (Lipinski definition) is 1. The van der Waals surface area contributed by atoms with Crippen molar-refractivity contribution in [1.29, 1.82) is 0 Å². The lowest BCUT2D eigenvalue weighted by molar-refractivity contribution is -0.137. The van der Waals surface area contributed by atoms with Crippen molar-refractivity contribution in [3.8, 4) is 0 Å². The van der Waals surface area contributed by atoms with Crippen LogP contribution in [0.5, 0.6) is 0 Å². The van der Waals surface area contributed by atoms with Crippen molar-refractivity contribution in [3.63, 3.8) is 0 Å². The third-order valence-corrected chi connectivity index (χ3v) is 5.37. The fourth-order valence-electron chi connectivity index (χ4n) is 2.02. The van der Waals surface area contributed by atoms with E-state index >= 15 is 0 Å². The molecule has 1 amide bonds. The first-order chi connectivity index (χ1) is 9.88. The number of carbonyl (C=O) groups is 2. The second kappa shape index (κ2) is 6.72. The molecule has 0 saturated carbocycles. The van der Waals surface area contributed by atoms with Crippen molar-refractivity contribution in [2.45, 2.75) is 26.7 Å². The standard InChI is InChI=1S/C14H15NO3S3/c1-8-6-10(9(2)20-8)7-11-13(18)15(14(19)21-11)5-3-4-12(16)17/h6-7H,3-5H2,1-2H3,(H,16,17). The summed E-state index contributed by atoms with van der Waals surface area (Å²) in [5.41, 5.74) is 1.04. The van der Waals surface area contributed by atoms with E-state index < -0.39 is 5.97 Å². The quantitative estimate of drug-likeness (QED) is 0.657. The molecule has 4 nitrogen and oxygen atoms in total. The van der Waals surface area contributed by atoms with Gasteiger partial charge in [0.05, 0.1) is 4.91 Å². The lowest BCUT2D eigenvalue weighted by Gasteiger charge is -2.13. The lowest BCUT2D eigenvalue weighted by Crippen LogP contribution is -2.29. The maximum atomic E-state index is 12.3. The molecule has 1 aliphatic rings. The minimum absolute atomic E-state index is 0.0406. The highest BCUT2D eigenvalue weighted by Crippen LogP contribution is 2.34. The zero-order valence-corrected chi connectivity index (χ0v) is 14.2. The average Bonchev–Trinajstić information content (AvgIpc) is 2.83. The van der Waals surface area contributed by atoms with E-state index in [-0.39, 0.29) is 12.3 Å². The third-order valence-electron chi connectivity index (χ3n) is 3.01. The van der Waals surface area contributed by atoms with Gasteiger partial charge in [-0.05, 0) is 38.0 Å². The van der Waals surface area contributed by atoms with E-state index in [0.717, 1.165) is 5.56 Å².